The SMILES string of the molecule is CN=C(NCCCOC(C)c1ccccc1)NCC(C)(C)NS(C)(=O)=O. The van der Waals surface area contributed by atoms with Gasteiger partial charge in [-0.25, -0.2) is 13.1 Å². The van der Waals surface area contributed by atoms with Crippen molar-refractivity contribution in [1.29, 1.82) is 0 Å². The fourth-order valence-electron chi connectivity index (χ4n) is 2.42. The molecule has 0 spiro atoms. The third kappa shape index (κ3) is 9.74. The van der Waals surface area contributed by atoms with E-state index in [1.165, 1.54) is 5.56 Å². The number of nitrogens with one attached hydrogen (secondary N) is 3. The Morgan fingerprint density at radius 3 is 2.46 bits per heavy atom. The molecule has 7 nitrogen and oxygen atoms in total. The van der Waals surface area contributed by atoms with Gasteiger partial charge in [0.1, 0.15) is 0 Å². The maximum absolute atomic E-state index is 11.4. The lowest BCUT2D eigenvalue weighted by Crippen LogP contribution is -2.53. The highest BCUT2D eigenvalue weighted by atomic mass is 32.2. The van der Waals surface area contributed by atoms with E-state index in [-0.39, 0.29) is 6.10 Å². The van der Waals surface area contributed by atoms with Gasteiger partial charge < -0.3 is 15.4 Å². The quantitative estimate of drug-likeness (QED) is 0.324. The third-order valence-corrected chi connectivity index (χ3v) is 4.56. The number of hydrogen-bond acceptors (Lipinski definition) is 4. The molecule has 148 valence electrons. The number of aliphatic imine (C=N–C) groups is 1. The van der Waals surface area contributed by atoms with Crippen LogP contribution in [0.25, 0.3) is 0 Å². The van der Waals surface area contributed by atoms with Gasteiger partial charge in [0.05, 0.1) is 12.4 Å². The maximum atomic E-state index is 11.4. The molecule has 8 heteroatoms. The highest BCUT2D eigenvalue weighted by Crippen LogP contribution is 2.15. The van der Waals surface area contributed by atoms with Gasteiger partial charge in [-0.2, -0.15) is 0 Å². The molecule has 3 N–H and O–H groups in total. The van der Waals surface area contributed by atoms with E-state index in [4.69, 9.17) is 4.74 Å². The summed E-state index contributed by atoms with van der Waals surface area (Å²) in [5, 5.41) is 6.33. The molecule has 1 aromatic carbocycles. The summed E-state index contributed by atoms with van der Waals surface area (Å²) in [5.74, 6) is 0.629. The molecule has 0 aliphatic heterocycles. The molecule has 0 aromatic heterocycles. The van der Waals surface area contributed by atoms with Crippen molar-refractivity contribution in [2.75, 3.05) is 33.0 Å². The molecule has 0 aliphatic carbocycles. The zero-order valence-corrected chi connectivity index (χ0v) is 17.2. The number of hydrogen-bond donors (Lipinski definition) is 3. The molecule has 0 saturated carbocycles. The monoisotopic (exact) mass is 384 g/mol. The molecule has 0 heterocycles. The second-order valence-electron chi connectivity index (χ2n) is 6.89. The number of guanidine groups is 1. The molecule has 1 aromatic rings. The standard InChI is InChI=1S/C18H32N4O3S/c1-15(16-10-7-6-8-11-16)25-13-9-12-20-17(19-4)21-14-18(2,3)22-26(5,23)24/h6-8,10-11,15,22H,9,12-14H2,1-5H3,(H2,19,20,21). The van der Waals surface area contributed by atoms with Crippen LogP contribution in [0.5, 0.6) is 0 Å². The summed E-state index contributed by atoms with van der Waals surface area (Å²) in [7, 11) is -1.58. The zero-order chi connectivity index (χ0) is 19.6. The Morgan fingerprint density at radius 2 is 1.88 bits per heavy atom. The lowest BCUT2D eigenvalue weighted by atomic mass is 10.1. The van der Waals surface area contributed by atoms with E-state index in [9.17, 15) is 8.42 Å². The van der Waals surface area contributed by atoms with E-state index in [1.807, 2.05) is 39.0 Å². The van der Waals surface area contributed by atoms with Crippen molar-refractivity contribution in [3.63, 3.8) is 0 Å². The molecule has 1 rings (SSSR count). The van der Waals surface area contributed by atoms with Gasteiger partial charge in [-0.15, -0.1) is 0 Å². The third-order valence-electron chi connectivity index (χ3n) is 3.63. The highest BCUT2D eigenvalue weighted by Gasteiger charge is 2.22. The molecular weight excluding hydrogens is 352 g/mol. The molecule has 0 saturated heterocycles. The van der Waals surface area contributed by atoms with Gasteiger partial charge in [-0.1, -0.05) is 30.3 Å². The summed E-state index contributed by atoms with van der Waals surface area (Å²) in [6, 6.07) is 10.1. The van der Waals surface area contributed by atoms with Crippen LogP contribution in [-0.2, 0) is 14.8 Å². The topological polar surface area (TPSA) is 91.8 Å². The summed E-state index contributed by atoms with van der Waals surface area (Å²) in [4.78, 5) is 4.14. The predicted octanol–water partition coefficient (Wildman–Crippen LogP) is 1.65. The van der Waals surface area contributed by atoms with E-state index >= 15 is 0 Å². The Kier molecular flexibility index (Phi) is 9.04. The largest absolute Gasteiger partial charge is 0.374 e. The number of sulfonamides is 1. The molecule has 0 amide bonds. The summed E-state index contributed by atoms with van der Waals surface area (Å²) >= 11 is 0. The van der Waals surface area contributed by atoms with E-state index in [1.54, 1.807) is 7.05 Å². The number of nitrogens with zero attached hydrogens (tertiary/aromatic N) is 1. The van der Waals surface area contributed by atoms with Crippen LogP contribution < -0.4 is 15.4 Å². The van der Waals surface area contributed by atoms with Crippen LogP contribution in [0.15, 0.2) is 35.3 Å². The molecule has 0 fully saturated rings. The lowest BCUT2D eigenvalue weighted by molar-refractivity contribution is 0.0646. The first-order valence-corrected chi connectivity index (χ1v) is 10.6. The molecular formula is C18H32N4O3S. The summed E-state index contributed by atoms with van der Waals surface area (Å²) in [5.41, 5.74) is 0.554. The Balaban J connectivity index is 2.26. The summed E-state index contributed by atoms with van der Waals surface area (Å²) in [6.45, 7) is 7.43. The van der Waals surface area contributed by atoms with Gasteiger partial charge in [-0.05, 0) is 32.8 Å². The fraction of sp³-hybridized carbons (Fsp3) is 0.611. The van der Waals surface area contributed by atoms with Crippen molar-refractivity contribution in [2.24, 2.45) is 4.99 Å². The van der Waals surface area contributed by atoms with E-state index in [2.05, 4.69) is 32.5 Å². The number of ether oxygens (including phenoxy) is 1. The van der Waals surface area contributed by atoms with Gasteiger partial charge in [-0.3, -0.25) is 4.99 Å². The summed E-state index contributed by atoms with van der Waals surface area (Å²) < 4.78 is 31.1. The molecule has 0 bridgehead atoms. The minimum atomic E-state index is -3.26. The molecule has 0 aliphatic rings. The van der Waals surface area contributed by atoms with Crippen molar-refractivity contribution in [3.05, 3.63) is 35.9 Å². The number of rotatable bonds is 10. The normalized spacial score (nSPS) is 14.1. The smallest absolute Gasteiger partial charge is 0.209 e. The van der Waals surface area contributed by atoms with Crippen molar-refractivity contribution < 1.29 is 13.2 Å². The van der Waals surface area contributed by atoms with Crippen LogP contribution in [0.1, 0.15) is 38.9 Å². The van der Waals surface area contributed by atoms with Gasteiger partial charge in [0.25, 0.3) is 0 Å². The van der Waals surface area contributed by atoms with Gasteiger partial charge in [0.2, 0.25) is 10.0 Å². The molecule has 1 unspecified atom stereocenters. The van der Waals surface area contributed by atoms with E-state index in [0.717, 1.165) is 12.7 Å². The number of benzene rings is 1. The Hall–Kier alpha value is -1.64. The molecule has 26 heavy (non-hydrogen) atoms. The van der Waals surface area contributed by atoms with Crippen LogP contribution in [0.2, 0.25) is 0 Å². The van der Waals surface area contributed by atoms with Crippen LogP contribution in [-0.4, -0.2) is 52.9 Å². The molecule has 1 atom stereocenters. The Labute approximate surface area is 157 Å². The minimum absolute atomic E-state index is 0.0662. The van der Waals surface area contributed by atoms with Gasteiger partial charge in [0, 0.05) is 32.3 Å². The minimum Gasteiger partial charge on any atom is -0.374 e. The first-order valence-electron chi connectivity index (χ1n) is 8.73. The van der Waals surface area contributed by atoms with E-state index in [0.29, 0.717) is 25.7 Å². The first-order chi connectivity index (χ1) is 12.1. The van der Waals surface area contributed by atoms with Gasteiger partial charge in [0.15, 0.2) is 5.96 Å². The van der Waals surface area contributed by atoms with Crippen molar-refractivity contribution in [2.45, 2.75) is 38.8 Å². The van der Waals surface area contributed by atoms with Crippen molar-refractivity contribution in [3.8, 4) is 0 Å². The van der Waals surface area contributed by atoms with Crippen molar-refractivity contribution >= 4 is 16.0 Å². The van der Waals surface area contributed by atoms with Gasteiger partial charge >= 0.3 is 0 Å². The van der Waals surface area contributed by atoms with Crippen LogP contribution in [0.4, 0.5) is 0 Å². The first kappa shape index (κ1) is 22.4. The van der Waals surface area contributed by atoms with E-state index < -0.39 is 15.6 Å². The predicted molar refractivity (Wildman–Crippen MR) is 107 cm³/mol. The zero-order valence-electron chi connectivity index (χ0n) is 16.4. The Bertz CT molecular complexity index is 660. The highest BCUT2D eigenvalue weighted by molar-refractivity contribution is 7.88. The Morgan fingerprint density at radius 1 is 1.23 bits per heavy atom. The summed E-state index contributed by atoms with van der Waals surface area (Å²) in [6.07, 6.45) is 2.05. The van der Waals surface area contributed by atoms with Crippen LogP contribution in [0, 0.1) is 0 Å². The van der Waals surface area contributed by atoms with Crippen LogP contribution >= 0.6 is 0 Å². The lowest BCUT2D eigenvalue weighted by Gasteiger charge is -2.26. The second-order valence-corrected chi connectivity index (χ2v) is 8.64. The molecule has 0 radical (unpaired) electrons. The average Bonchev–Trinajstić information content (AvgIpc) is 2.55. The second kappa shape index (κ2) is 10.5. The van der Waals surface area contributed by atoms with Crippen LogP contribution in [0.3, 0.4) is 0 Å². The maximum Gasteiger partial charge on any atom is 0.209 e. The fourth-order valence-corrected chi connectivity index (χ4v) is 3.50. The average molecular weight is 385 g/mol. The van der Waals surface area contributed by atoms with Crippen molar-refractivity contribution in [1.82, 2.24) is 15.4 Å².